The van der Waals surface area contributed by atoms with Crippen molar-refractivity contribution in [3.05, 3.63) is 71.9 Å². The fraction of sp³-hybridized carbons (Fsp3) is 0.269. The van der Waals surface area contributed by atoms with Crippen LogP contribution in [0.4, 0.5) is 30.2 Å². The summed E-state index contributed by atoms with van der Waals surface area (Å²) >= 11 is 0. The summed E-state index contributed by atoms with van der Waals surface area (Å²) in [6.07, 6.45) is -4.14. The van der Waals surface area contributed by atoms with E-state index in [2.05, 4.69) is 26.2 Å². The zero-order valence-corrected chi connectivity index (χ0v) is 18.9. The van der Waals surface area contributed by atoms with E-state index in [1.165, 1.54) is 0 Å². The van der Waals surface area contributed by atoms with Gasteiger partial charge < -0.3 is 15.1 Å². The van der Waals surface area contributed by atoms with Crippen LogP contribution in [-0.2, 0) is 4.79 Å². The average Bonchev–Trinajstić information content (AvgIpc) is 2.96. The minimum Gasteiger partial charge on any atom is -0.363 e. The van der Waals surface area contributed by atoms with Gasteiger partial charge in [-0.2, -0.15) is 18.4 Å². The van der Waals surface area contributed by atoms with E-state index in [1.54, 1.807) is 12.1 Å². The van der Waals surface area contributed by atoms with Crippen molar-refractivity contribution in [2.45, 2.75) is 31.1 Å². The third kappa shape index (κ3) is 4.16. The van der Waals surface area contributed by atoms with Gasteiger partial charge in [0, 0.05) is 30.9 Å². The number of nitrogens with zero attached hydrogens (tertiary/aromatic N) is 4. The Balaban J connectivity index is 1.56. The topological polar surface area (TPSA) is 72.3 Å². The number of alkyl halides is 3. The summed E-state index contributed by atoms with van der Waals surface area (Å²) in [5, 5.41) is 11.4. The summed E-state index contributed by atoms with van der Waals surface area (Å²) in [7, 11) is 1.96. The molecule has 2 aliphatic heterocycles. The molecular weight excluding hydrogens is 455 g/mol. The smallest absolute Gasteiger partial charge is 0.363 e. The molecule has 1 fully saturated rings. The lowest BCUT2D eigenvalue weighted by molar-refractivity contribution is -0.174. The second-order valence-electron chi connectivity index (χ2n) is 8.74. The van der Waals surface area contributed by atoms with Crippen LogP contribution in [0.1, 0.15) is 30.1 Å². The Bertz CT molecular complexity index is 1330. The molecule has 0 bridgehead atoms. The Morgan fingerprint density at radius 3 is 2.66 bits per heavy atom. The van der Waals surface area contributed by atoms with Crippen molar-refractivity contribution < 1.29 is 18.0 Å². The van der Waals surface area contributed by atoms with Gasteiger partial charge in [0.1, 0.15) is 11.8 Å². The molecule has 6 nitrogen and oxygen atoms in total. The number of fused-ring (bicyclic) bond motifs is 5. The lowest BCUT2D eigenvalue weighted by Gasteiger charge is -2.41. The number of pyridine rings is 1. The van der Waals surface area contributed by atoms with Gasteiger partial charge in [-0.15, -0.1) is 0 Å². The molecule has 0 aliphatic carbocycles. The van der Waals surface area contributed by atoms with Crippen LogP contribution in [0, 0.1) is 11.3 Å². The lowest BCUT2D eigenvalue weighted by atomic mass is 9.90. The van der Waals surface area contributed by atoms with Crippen LogP contribution in [0.2, 0.25) is 0 Å². The van der Waals surface area contributed by atoms with Crippen molar-refractivity contribution >= 4 is 23.0 Å². The molecular formula is C26H22F3N5O. The quantitative estimate of drug-likeness (QED) is 0.557. The van der Waals surface area contributed by atoms with Crippen LogP contribution < -0.4 is 15.1 Å². The van der Waals surface area contributed by atoms with Gasteiger partial charge in [0.05, 0.1) is 23.1 Å². The Labute approximate surface area is 200 Å². The van der Waals surface area contributed by atoms with E-state index >= 15 is 0 Å². The first kappa shape index (κ1) is 22.7. The maximum Gasteiger partial charge on any atom is 0.471 e. The molecule has 1 N–H and O–H groups in total. The van der Waals surface area contributed by atoms with E-state index in [0.717, 1.165) is 28.2 Å². The molecule has 178 valence electrons. The molecule has 0 radical (unpaired) electrons. The van der Waals surface area contributed by atoms with Gasteiger partial charge in [-0.05, 0) is 48.7 Å². The maximum atomic E-state index is 12.9. The number of nitriles is 1. The second-order valence-corrected chi connectivity index (χ2v) is 8.74. The van der Waals surface area contributed by atoms with Crippen LogP contribution in [0.25, 0.3) is 11.3 Å². The number of hydrogen-bond acceptors (Lipinski definition) is 5. The molecule has 2 atom stereocenters. The third-order valence-corrected chi connectivity index (χ3v) is 6.66. The summed E-state index contributed by atoms with van der Waals surface area (Å²) in [6.45, 7) is 0.490. The SMILES string of the molecule is CN1c2ccccc2[C@H]2C[C@@H](NC(=O)C(F)(F)F)CCN2c2ccc(-c3cccc(C#N)n3)cc21. The molecule has 2 aliphatic rings. The number of halogens is 3. The number of rotatable bonds is 2. The number of aromatic nitrogens is 1. The molecule has 3 heterocycles. The van der Waals surface area contributed by atoms with Gasteiger partial charge in [0.2, 0.25) is 0 Å². The molecule has 9 heteroatoms. The lowest BCUT2D eigenvalue weighted by Crippen LogP contribution is -2.49. The van der Waals surface area contributed by atoms with Crippen molar-refractivity contribution in [2.75, 3.05) is 23.4 Å². The van der Waals surface area contributed by atoms with E-state index in [0.29, 0.717) is 30.8 Å². The molecule has 35 heavy (non-hydrogen) atoms. The van der Waals surface area contributed by atoms with Crippen LogP contribution in [0.15, 0.2) is 60.7 Å². The summed E-state index contributed by atoms with van der Waals surface area (Å²) < 4.78 is 38.6. The Kier molecular flexibility index (Phi) is 5.59. The van der Waals surface area contributed by atoms with Crippen molar-refractivity contribution in [2.24, 2.45) is 0 Å². The summed E-state index contributed by atoms with van der Waals surface area (Å²) in [5.74, 6) is -1.90. The molecule has 1 aromatic heterocycles. The predicted octanol–water partition coefficient (Wildman–Crippen LogP) is 5.09. The van der Waals surface area contributed by atoms with Crippen LogP contribution in [0.3, 0.4) is 0 Å². The van der Waals surface area contributed by atoms with Crippen LogP contribution in [-0.4, -0.2) is 36.7 Å². The number of hydrogen-bond donors (Lipinski definition) is 1. The molecule has 0 saturated carbocycles. The van der Waals surface area contributed by atoms with E-state index in [1.807, 2.05) is 55.6 Å². The van der Waals surface area contributed by atoms with Gasteiger partial charge in [0.25, 0.3) is 0 Å². The van der Waals surface area contributed by atoms with Crippen molar-refractivity contribution in [1.82, 2.24) is 10.3 Å². The number of carbonyl (C=O) groups is 1. The summed E-state index contributed by atoms with van der Waals surface area (Å²) in [4.78, 5) is 20.3. The molecule has 0 spiro atoms. The standard InChI is InChI=1S/C26H22F3N5O/c1-33-21-8-3-2-6-19(21)23-14-17(32-25(35)26(27,28)29)11-12-34(23)22-10-9-16(13-24(22)33)20-7-4-5-18(15-30)31-20/h2-10,13,17,23H,11-12,14H2,1H3,(H,32,35)/t17-,23+/m0/s1. The monoisotopic (exact) mass is 477 g/mol. The fourth-order valence-corrected chi connectivity index (χ4v) is 5.00. The number of carbonyl (C=O) groups excluding carboxylic acids is 1. The third-order valence-electron chi connectivity index (χ3n) is 6.66. The van der Waals surface area contributed by atoms with E-state index < -0.39 is 18.1 Å². The minimum absolute atomic E-state index is 0.201. The summed E-state index contributed by atoms with van der Waals surface area (Å²) in [6, 6.07) is 20.4. The van der Waals surface area contributed by atoms with Gasteiger partial charge in [-0.3, -0.25) is 4.79 Å². The van der Waals surface area contributed by atoms with E-state index in [-0.39, 0.29) is 6.04 Å². The van der Waals surface area contributed by atoms with Gasteiger partial charge >= 0.3 is 12.1 Å². The molecule has 1 amide bonds. The number of para-hydroxylation sites is 1. The molecule has 3 aromatic rings. The van der Waals surface area contributed by atoms with Crippen LogP contribution in [0.5, 0.6) is 0 Å². The Morgan fingerprint density at radius 1 is 1.09 bits per heavy atom. The highest BCUT2D eigenvalue weighted by molar-refractivity contribution is 5.85. The molecule has 2 aromatic carbocycles. The van der Waals surface area contributed by atoms with Crippen molar-refractivity contribution in [1.29, 1.82) is 5.26 Å². The largest absolute Gasteiger partial charge is 0.471 e. The first-order valence-electron chi connectivity index (χ1n) is 11.2. The van der Waals surface area contributed by atoms with E-state index in [9.17, 15) is 23.2 Å². The Hall–Kier alpha value is -4.06. The van der Waals surface area contributed by atoms with Gasteiger partial charge in [0.15, 0.2) is 0 Å². The number of anilines is 3. The minimum atomic E-state index is -4.90. The van der Waals surface area contributed by atoms with Crippen molar-refractivity contribution in [3.63, 3.8) is 0 Å². The highest BCUT2D eigenvalue weighted by atomic mass is 19.4. The fourth-order valence-electron chi connectivity index (χ4n) is 5.00. The highest BCUT2D eigenvalue weighted by Crippen LogP contribution is 2.48. The van der Waals surface area contributed by atoms with Gasteiger partial charge in [-0.25, -0.2) is 4.98 Å². The van der Waals surface area contributed by atoms with Gasteiger partial charge in [-0.1, -0.05) is 30.3 Å². The first-order chi connectivity index (χ1) is 16.8. The Morgan fingerprint density at radius 2 is 1.89 bits per heavy atom. The highest BCUT2D eigenvalue weighted by Gasteiger charge is 2.42. The predicted molar refractivity (Wildman–Crippen MR) is 126 cm³/mol. The molecule has 5 rings (SSSR count). The van der Waals surface area contributed by atoms with Crippen molar-refractivity contribution in [3.8, 4) is 17.3 Å². The molecule has 0 unspecified atom stereocenters. The maximum absolute atomic E-state index is 12.9. The first-order valence-corrected chi connectivity index (χ1v) is 11.2. The van der Waals surface area contributed by atoms with E-state index in [4.69, 9.17) is 0 Å². The second kappa shape index (κ2) is 8.62. The number of benzene rings is 2. The zero-order chi connectivity index (χ0) is 24.7. The zero-order valence-electron chi connectivity index (χ0n) is 18.9. The number of amides is 1. The number of nitrogens with one attached hydrogen (secondary N) is 1. The normalized spacial score (nSPS) is 19.1. The summed E-state index contributed by atoms with van der Waals surface area (Å²) in [5.41, 5.74) is 5.69. The van der Waals surface area contributed by atoms with Crippen LogP contribution >= 0.6 is 0 Å². The number of piperidine rings is 1. The molecule has 1 saturated heterocycles. The average molecular weight is 477 g/mol.